The van der Waals surface area contributed by atoms with Crippen LogP contribution in [0.15, 0.2) is 12.1 Å². The number of pyridine rings is 1. The second-order valence-corrected chi connectivity index (χ2v) is 5.75. The van der Waals surface area contributed by atoms with Gasteiger partial charge in [0.25, 0.3) is 11.8 Å². The maximum absolute atomic E-state index is 12.9. The number of hydrogen-bond donors (Lipinski definition) is 2. The predicted octanol–water partition coefficient (Wildman–Crippen LogP) is 2.12. The number of carbonyl (C=O) groups excluding carboxylic acids is 2. The molecular weight excluding hydrogens is 367 g/mol. The van der Waals surface area contributed by atoms with E-state index in [9.17, 15) is 32.9 Å². The number of nitrogens with one attached hydrogen (secondary N) is 1. The van der Waals surface area contributed by atoms with Gasteiger partial charge >= 0.3 is 11.9 Å². The number of thiazole rings is 1. The molecule has 0 aliphatic heterocycles. The first kappa shape index (κ1) is 18.3. The summed E-state index contributed by atoms with van der Waals surface area (Å²) in [4.78, 5) is 39.2. The SMILES string of the molecule is Cc1nc(C(F)(F)F)c(C(=O)Nc2nc(C(N)=O)ccc2[N+](=O)[O-])s1. The molecule has 0 fully saturated rings. The van der Waals surface area contributed by atoms with E-state index in [2.05, 4.69) is 9.97 Å². The molecule has 0 radical (unpaired) electrons. The molecule has 0 aliphatic rings. The van der Waals surface area contributed by atoms with E-state index < -0.39 is 50.7 Å². The molecule has 0 aromatic carbocycles. The van der Waals surface area contributed by atoms with Crippen LogP contribution >= 0.6 is 11.3 Å². The largest absolute Gasteiger partial charge is 0.435 e. The second-order valence-electron chi connectivity index (χ2n) is 4.55. The van der Waals surface area contributed by atoms with Crippen LogP contribution in [0, 0.1) is 17.0 Å². The number of hydrogen-bond acceptors (Lipinski definition) is 7. The third kappa shape index (κ3) is 3.88. The van der Waals surface area contributed by atoms with Crippen molar-refractivity contribution in [1.82, 2.24) is 9.97 Å². The molecular formula is C12H8F3N5O4S. The predicted molar refractivity (Wildman–Crippen MR) is 79.2 cm³/mol. The lowest BCUT2D eigenvalue weighted by Crippen LogP contribution is -2.20. The van der Waals surface area contributed by atoms with Crippen LogP contribution in [-0.4, -0.2) is 26.7 Å². The summed E-state index contributed by atoms with van der Waals surface area (Å²) in [5, 5.41) is 12.8. The van der Waals surface area contributed by atoms with Gasteiger partial charge in [0.15, 0.2) is 5.69 Å². The molecule has 3 N–H and O–H groups in total. The average molecular weight is 375 g/mol. The fraction of sp³-hybridized carbons (Fsp3) is 0.167. The van der Waals surface area contributed by atoms with Gasteiger partial charge in [-0.1, -0.05) is 0 Å². The van der Waals surface area contributed by atoms with Crippen molar-refractivity contribution in [3.8, 4) is 0 Å². The molecule has 0 bridgehead atoms. The van der Waals surface area contributed by atoms with Crippen molar-refractivity contribution < 1.29 is 27.7 Å². The number of aromatic nitrogens is 2. The number of carbonyl (C=O) groups is 2. The number of nitrogens with two attached hydrogens (primary N) is 1. The molecule has 2 aromatic rings. The molecule has 132 valence electrons. The molecule has 2 amide bonds. The molecule has 0 unspecified atom stereocenters. The van der Waals surface area contributed by atoms with E-state index >= 15 is 0 Å². The Labute approximate surface area is 140 Å². The van der Waals surface area contributed by atoms with Gasteiger partial charge < -0.3 is 5.73 Å². The molecule has 2 rings (SSSR count). The molecule has 13 heteroatoms. The van der Waals surface area contributed by atoms with E-state index in [0.29, 0.717) is 11.3 Å². The molecule has 9 nitrogen and oxygen atoms in total. The third-order valence-electron chi connectivity index (χ3n) is 2.76. The lowest BCUT2D eigenvalue weighted by Gasteiger charge is -2.08. The summed E-state index contributed by atoms with van der Waals surface area (Å²) >= 11 is 0.461. The van der Waals surface area contributed by atoms with Crippen molar-refractivity contribution in [2.24, 2.45) is 5.73 Å². The molecule has 0 saturated heterocycles. The molecule has 0 aliphatic carbocycles. The Kier molecular flexibility index (Phi) is 4.69. The summed E-state index contributed by atoms with van der Waals surface area (Å²) in [6.07, 6.45) is -4.88. The van der Waals surface area contributed by atoms with E-state index in [1.54, 1.807) is 0 Å². The van der Waals surface area contributed by atoms with Gasteiger partial charge in [0.2, 0.25) is 5.82 Å². The third-order valence-corrected chi connectivity index (χ3v) is 3.73. The van der Waals surface area contributed by atoms with Crippen LogP contribution < -0.4 is 11.1 Å². The van der Waals surface area contributed by atoms with Gasteiger partial charge in [-0.05, 0) is 13.0 Å². The van der Waals surface area contributed by atoms with Gasteiger partial charge in [-0.15, -0.1) is 11.3 Å². The molecule has 2 aromatic heterocycles. The Morgan fingerprint density at radius 1 is 1.32 bits per heavy atom. The minimum Gasteiger partial charge on any atom is -0.364 e. The van der Waals surface area contributed by atoms with Crippen LogP contribution in [0.4, 0.5) is 24.7 Å². The highest BCUT2D eigenvalue weighted by Crippen LogP contribution is 2.35. The van der Waals surface area contributed by atoms with E-state index in [0.717, 1.165) is 12.1 Å². The van der Waals surface area contributed by atoms with Crippen molar-refractivity contribution in [3.05, 3.63) is 43.5 Å². The van der Waals surface area contributed by atoms with Crippen LogP contribution in [-0.2, 0) is 6.18 Å². The monoisotopic (exact) mass is 375 g/mol. The number of halogens is 3. The molecule has 0 saturated carbocycles. The van der Waals surface area contributed by atoms with Gasteiger partial charge in [-0.3, -0.25) is 25.0 Å². The quantitative estimate of drug-likeness (QED) is 0.619. The number of alkyl halides is 3. The van der Waals surface area contributed by atoms with Crippen molar-refractivity contribution in [1.29, 1.82) is 0 Å². The first-order valence-corrected chi connectivity index (χ1v) is 7.13. The average Bonchev–Trinajstić information content (AvgIpc) is 2.89. The van der Waals surface area contributed by atoms with Crippen LogP contribution in [0.25, 0.3) is 0 Å². The molecule has 2 heterocycles. The summed E-state index contributed by atoms with van der Waals surface area (Å²) in [6, 6.07) is 1.80. The van der Waals surface area contributed by atoms with E-state index in [4.69, 9.17) is 5.73 Å². The highest BCUT2D eigenvalue weighted by Gasteiger charge is 2.39. The van der Waals surface area contributed by atoms with Gasteiger partial charge in [0.05, 0.1) is 9.93 Å². The molecule has 25 heavy (non-hydrogen) atoms. The normalized spacial score (nSPS) is 11.2. The number of nitro groups is 1. The fourth-order valence-corrected chi connectivity index (χ4v) is 2.60. The number of anilines is 1. The number of rotatable bonds is 4. The van der Waals surface area contributed by atoms with Crippen molar-refractivity contribution >= 4 is 34.7 Å². The van der Waals surface area contributed by atoms with E-state index in [-0.39, 0.29) is 5.01 Å². The van der Waals surface area contributed by atoms with Crippen molar-refractivity contribution in [3.63, 3.8) is 0 Å². The number of nitrogens with zero attached hydrogens (tertiary/aromatic N) is 3. The standard InChI is InChI=1S/C12H8F3N5O4S/c1-4-17-8(12(13,14)15)7(25-4)11(22)19-10-6(20(23)24)3-2-5(18-10)9(16)21/h2-3H,1H3,(H2,16,21)(H,18,19,22). The first-order chi connectivity index (χ1) is 11.5. The summed E-state index contributed by atoms with van der Waals surface area (Å²) < 4.78 is 38.8. The van der Waals surface area contributed by atoms with Gasteiger partial charge in [0.1, 0.15) is 10.6 Å². The highest BCUT2D eigenvalue weighted by atomic mass is 32.1. The van der Waals surface area contributed by atoms with E-state index in [1.165, 1.54) is 6.92 Å². The zero-order valence-corrected chi connectivity index (χ0v) is 13.1. The Bertz CT molecular complexity index is 880. The first-order valence-electron chi connectivity index (χ1n) is 6.32. The Morgan fingerprint density at radius 2 is 1.96 bits per heavy atom. The summed E-state index contributed by atoms with van der Waals surface area (Å²) in [7, 11) is 0. The fourth-order valence-electron chi connectivity index (χ4n) is 1.77. The van der Waals surface area contributed by atoms with E-state index in [1.807, 2.05) is 5.32 Å². The number of aryl methyl sites for hydroxylation is 1. The maximum atomic E-state index is 12.9. The lowest BCUT2D eigenvalue weighted by molar-refractivity contribution is -0.384. The smallest absolute Gasteiger partial charge is 0.364 e. The van der Waals surface area contributed by atoms with Crippen LogP contribution in [0.1, 0.15) is 30.9 Å². The van der Waals surface area contributed by atoms with Gasteiger partial charge in [0, 0.05) is 6.07 Å². The van der Waals surface area contributed by atoms with Crippen LogP contribution in [0.3, 0.4) is 0 Å². The summed E-state index contributed by atoms with van der Waals surface area (Å²) in [6.45, 7) is 1.27. The maximum Gasteiger partial charge on any atom is 0.435 e. The zero-order valence-electron chi connectivity index (χ0n) is 12.2. The van der Waals surface area contributed by atoms with Crippen LogP contribution in [0.5, 0.6) is 0 Å². The summed E-state index contributed by atoms with van der Waals surface area (Å²) in [5.74, 6) is -3.03. The second kappa shape index (κ2) is 6.43. The lowest BCUT2D eigenvalue weighted by atomic mass is 10.3. The summed E-state index contributed by atoms with van der Waals surface area (Å²) in [5.41, 5.74) is 2.46. The molecule has 0 spiro atoms. The van der Waals surface area contributed by atoms with Crippen molar-refractivity contribution in [2.45, 2.75) is 13.1 Å². The molecule has 0 atom stereocenters. The Morgan fingerprint density at radius 3 is 2.48 bits per heavy atom. The van der Waals surface area contributed by atoms with Gasteiger partial charge in [-0.2, -0.15) is 13.2 Å². The topological polar surface area (TPSA) is 141 Å². The minimum atomic E-state index is -4.88. The van der Waals surface area contributed by atoms with Crippen molar-refractivity contribution in [2.75, 3.05) is 5.32 Å². The van der Waals surface area contributed by atoms with Gasteiger partial charge in [-0.25, -0.2) is 9.97 Å². The number of amides is 2. The van der Waals surface area contributed by atoms with Crippen LogP contribution in [0.2, 0.25) is 0 Å². The number of primary amides is 1. The minimum absolute atomic E-state index is 0.0224. The Hall–Kier alpha value is -3.09. The highest BCUT2D eigenvalue weighted by molar-refractivity contribution is 7.13. The zero-order chi connectivity index (χ0) is 18.9. The Balaban J connectivity index is 2.46.